The van der Waals surface area contributed by atoms with Crippen molar-refractivity contribution >= 4 is 11.9 Å². The van der Waals surface area contributed by atoms with Crippen molar-refractivity contribution in [3.8, 4) is 0 Å². The SMILES string of the molecule is CCN1CC2(CCN(C(=O)c3cccc(C(=O)O)c3)CC2)CC1c1nnc(C)o1. The minimum Gasteiger partial charge on any atom is -0.478 e. The van der Waals surface area contributed by atoms with Gasteiger partial charge in [-0.15, -0.1) is 10.2 Å². The fourth-order valence-corrected chi connectivity index (χ4v) is 4.68. The first-order chi connectivity index (χ1) is 13.9. The highest BCUT2D eigenvalue weighted by atomic mass is 16.4. The molecule has 1 N–H and O–H groups in total. The van der Waals surface area contributed by atoms with Crippen molar-refractivity contribution in [3.05, 3.63) is 47.2 Å². The first kappa shape index (κ1) is 19.6. The summed E-state index contributed by atoms with van der Waals surface area (Å²) >= 11 is 0. The Morgan fingerprint density at radius 1 is 1.24 bits per heavy atom. The average Bonchev–Trinajstić information content (AvgIpc) is 3.32. The van der Waals surface area contributed by atoms with Crippen LogP contribution in [0.1, 0.15) is 64.7 Å². The number of piperidine rings is 1. The fraction of sp³-hybridized carbons (Fsp3) is 0.524. The van der Waals surface area contributed by atoms with Crippen LogP contribution < -0.4 is 0 Å². The molecule has 4 rings (SSSR count). The molecule has 1 atom stereocenters. The number of carbonyl (C=O) groups excluding carboxylic acids is 1. The molecule has 1 spiro atoms. The predicted octanol–water partition coefficient (Wildman–Crippen LogP) is 2.77. The number of carboxylic acids is 1. The van der Waals surface area contributed by atoms with E-state index in [1.54, 1.807) is 19.1 Å². The number of amides is 1. The van der Waals surface area contributed by atoms with E-state index in [4.69, 9.17) is 9.52 Å². The molecule has 3 heterocycles. The lowest BCUT2D eigenvalue weighted by molar-refractivity contribution is 0.0590. The van der Waals surface area contributed by atoms with E-state index in [0.29, 0.717) is 30.4 Å². The first-order valence-corrected chi connectivity index (χ1v) is 10.1. The van der Waals surface area contributed by atoms with Gasteiger partial charge < -0.3 is 14.4 Å². The summed E-state index contributed by atoms with van der Waals surface area (Å²) in [4.78, 5) is 28.3. The van der Waals surface area contributed by atoms with Gasteiger partial charge in [-0.1, -0.05) is 13.0 Å². The van der Waals surface area contributed by atoms with Gasteiger partial charge in [0.15, 0.2) is 0 Å². The Hall–Kier alpha value is -2.74. The van der Waals surface area contributed by atoms with E-state index in [2.05, 4.69) is 22.0 Å². The van der Waals surface area contributed by atoms with Gasteiger partial charge in [0.2, 0.25) is 11.8 Å². The summed E-state index contributed by atoms with van der Waals surface area (Å²) in [5.41, 5.74) is 0.709. The Morgan fingerprint density at radius 2 is 1.97 bits per heavy atom. The van der Waals surface area contributed by atoms with Crippen LogP contribution in [0.3, 0.4) is 0 Å². The van der Waals surface area contributed by atoms with Gasteiger partial charge in [0.05, 0.1) is 11.6 Å². The van der Waals surface area contributed by atoms with Gasteiger partial charge in [0.1, 0.15) is 0 Å². The smallest absolute Gasteiger partial charge is 0.335 e. The second-order valence-electron chi connectivity index (χ2n) is 8.12. The zero-order valence-electron chi connectivity index (χ0n) is 16.8. The number of benzene rings is 1. The number of aromatic nitrogens is 2. The standard InChI is InChI=1S/C21H26N4O4/c1-3-24-13-21(12-17(24)18-23-22-14(2)29-18)7-9-25(10-8-21)19(26)15-5-4-6-16(11-15)20(27)28/h4-6,11,17H,3,7-10,12-13H2,1-2H3,(H,27,28). The maximum atomic E-state index is 12.9. The number of rotatable bonds is 4. The van der Waals surface area contributed by atoms with Gasteiger partial charge in [-0.3, -0.25) is 9.69 Å². The average molecular weight is 398 g/mol. The molecule has 8 heteroatoms. The van der Waals surface area contributed by atoms with E-state index in [1.165, 1.54) is 12.1 Å². The van der Waals surface area contributed by atoms with Crippen LogP contribution in [0, 0.1) is 12.3 Å². The largest absolute Gasteiger partial charge is 0.478 e. The molecule has 154 valence electrons. The van der Waals surface area contributed by atoms with Crippen LogP contribution in [0.5, 0.6) is 0 Å². The summed E-state index contributed by atoms with van der Waals surface area (Å²) in [5.74, 6) is 0.147. The van der Waals surface area contributed by atoms with Gasteiger partial charge in [-0.2, -0.15) is 0 Å². The van der Waals surface area contributed by atoms with Crippen LogP contribution in [-0.2, 0) is 0 Å². The number of hydrogen-bond acceptors (Lipinski definition) is 6. The van der Waals surface area contributed by atoms with Crippen molar-refractivity contribution in [1.82, 2.24) is 20.0 Å². The fourth-order valence-electron chi connectivity index (χ4n) is 4.68. The molecule has 1 aromatic carbocycles. The molecular formula is C21H26N4O4. The van der Waals surface area contributed by atoms with Crippen molar-refractivity contribution < 1.29 is 19.1 Å². The van der Waals surface area contributed by atoms with E-state index in [0.717, 1.165) is 32.4 Å². The first-order valence-electron chi connectivity index (χ1n) is 10.1. The lowest BCUT2D eigenvalue weighted by Crippen LogP contribution is -2.44. The second kappa shape index (κ2) is 7.59. The highest BCUT2D eigenvalue weighted by molar-refractivity contribution is 5.97. The Balaban J connectivity index is 1.44. The number of nitrogens with zero attached hydrogens (tertiary/aromatic N) is 4. The summed E-state index contributed by atoms with van der Waals surface area (Å²) in [6.07, 6.45) is 2.79. The quantitative estimate of drug-likeness (QED) is 0.845. The van der Waals surface area contributed by atoms with Crippen molar-refractivity contribution in [2.45, 2.75) is 39.2 Å². The van der Waals surface area contributed by atoms with Gasteiger partial charge in [0, 0.05) is 32.1 Å². The molecule has 1 amide bonds. The van der Waals surface area contributed by atoms with Crippen LogP contribution in [0.4, 0.5) is 0 Å². The summed E-state index contributed by atoms with van der Waals surface area (Å²) in [5, 5.41) is 17.4. The number of hydrogen-bond donors (Lipinski definition) is 1. The normalized spacial score (nSPS) is 21.6. The molecule has 2 aliphatic rings. The van der Waals surface area contributed by atoms with Crippen LogP contribution >= 0.6 is 0 Å². The molecule has 29 heavy (non-hydrogen) atoms. The van der Waals surface area contributed by atoms with Crippen LogP contribution in [-0.4, -0.2) is 63.2 Å². The zero-order valence-corrected chi connectivity index (χ0v) is 16.8. The molecule has 1 aromatic heterocycles. The second-order valence-corrected chi connectivity index (χ2v) is 8.12. The van der Waals surface area contributed by atoms with E-state index >= 15 is 0 Å². The maximum Gasteiger partial charge on any atom is 0.335 e. The summed E-state index contributed by atoms with van der Waals surface area (Å²) < 4.78 is 5.70. The summed E-state index contributed by atoms with van der Waals surface area (Å²) in [7, 11) is 0. The van der Waals surface area contributed by atoms with Gasteiger partial charge >= 0.3 is 5.97 Å². The third-order valence-corrected chi connectivity index (χ3v) is 6.31. The molecule has 0 bridgehead atoms. The van der Waals surface area contributed by atoms with Crippen LogP contribution in [0.2, 0.25) is 0 Å². The molecule has 2 aliphatic heterocycles. The van der Waals surface area contributed by atoms with Crippen LogP contribution in [0.15, 0.2) is 28.7 Å². The molecule has 0 aliphatic carbocycles. The highest BCUT2D eigenvalue weighted by Gasteiger charge is 2.47. The number of aromatic carboxylic acids is 1. The summed E-state index contributed by atoms with van der Waals surface area (Å²) in [6, 6.07) is 6.39. The van der Waals surface area contributed by atoms with Gasteiger partial charge in [-0.25, -0.2) is 4.79 Å². The number of carbonyl (C=O) groups is 2. The van der Waals surface area contributed by atoms with Gasteiger partial charge in [-0.05, 0) is 49.4 Å². The predicted molar refractivity (Wildman–Crippen MR) is 105 cm³/mol. The van der Waals surface area contributed by atoms with E-state index in [1.807, 2.05) is 4.90 Å². The zero-order chi connectivity index (χ0) is 20.6. The van der Waals surface area contributed by atoms with Crippen molar-refractivity contribution in [2.75, 3.05) is 26.2 Å². The Kier molecular flexibility index (Phi) is 5.12. The Labute approximate surface area is 169 Å². The number of carboxylic acid groups (broad SMARTS) is 1. The topological polar surface area (TPSA) is 99.8 Å². The van der Waals surface area contributed by atoms with E-state index in [-0.39, 0.29) is 22.9 Å². The molecule has 2 saturated heterocycles. The van der Waals surface area contributed by atoms with Crippen molar-refractivity contribution in [3.63, 3.8) is 0 Å². The van der Waals surface area contributed by atoms with Crippen LogP contribution in [0.25, 0.3) is 0 Å². The molecular weight excluding hydrogens is 372 g/mol. The minimum atomic E-state index is -1.02. The lowest BCUT2D eigenvalue weighted by atomic mass is 9.76. The van der Waals surface area contributed by atoms with Crippen molar-refractivity contribution in [2.24, 2.45) is 5.41 Å². The Morgan fingerprint density at radius 3 is 2.59 bits per heavy atom. The van der Waals surface area contributed by atoms with Gasteiger partial charge in [0.25, 0.3) is 5.91 Å². The highest BCUT2D eigenvalue weighted by Crippen LogP contribution is 2.48. The molecule has 0 saturated carbocycles. The number of likely N-dealkylation sites (tertiary alicyclic amines) is 2. The monoisotopic (exact) mass is 398 g/mol. The Bertz CT molecular complexity index is 917. The third-order valence-electron chi connectivity index (χ3n) is 6.31. The molecule has 2 aromatic rings. The summed E-state index contributed by atoms with van der Waals surface area (Å²) in [6.45, 7) is 7.17. The molecule has 0 radical (unpaired) electrons. The van der Waals surface area contributed by atoms with E-state index in [9.17, 15) is 9.59 Å². The lowest BCUT2D eigenvalue weighted by Gasteiger charge is -2.39. The maximum absolute atomic E-state index is 12.9. The molecule has 2 fully saturated rings. The van der Waals surface area contributed by atoms with Crippen molar-refractivity contribution in [1.29, 1.82) is 0 Å². The minimum absolute atomic E-state index is 0.0997. The number of aryl methyl sites for hydroxylation is 1. The van der Waals surface area contributed by atoms with E-state index < -0.39 is 5.97 Å². The molecule has 1 unspecified atom stereocenters. The third kappa shape index (κ3) is 3.76. The molecule has 8 nitrogen and oxygen atoms in total.